The van der Waals surface area contributed by atoms with Gasteiger partial charge in [-0.15, -0.1) is 0 Å². The number of nitrogen functional groups attached to an aromatic ring is 1. The van der Waals surface area contributed by atoms with Crippen molar-refractivity contribution >= 4 is 49.7 Å². The summed E-state index contributed by atoms with van der Waals surface area (Å²) in [6, 6.07) is 20.5. The van der Waals surface area contributed by atoms with E-state index in [1.54, 1.807) is 30.5 Å². The molecule has 0 unspecified atom stereocenters. The molecule has 1 amide bonds. The lowest BCUT2D eigenvalue weighted by atomic mass is 10.2. The van der Waals surface area contributed by atoms with Gasteiger partial charge in [0.05, 0.1) is 20.7 Å². The van der Waals surface area contributed by atoms with Crippen molar-refractivity contribution in [2.24, 2.45) is 5.10 Å². The zero-order valence-corrected chi connectivity index (χ0v) is 17.9. The van der Waals surface area contributed by atoms with E-state index in [1.165, 1.54) is 0 Å². The van der Waals surface area contributed by atoms with Crippen LogP contribution in [0.2, 0.25) is 0 Å². The number of para-hydroxylation sites is 1. The van der Waals surface area contributed by atoms with Crippen LogP contribution in [0.5, 0.6) is 5.75 Å². The van der Waals surface area contributed by atoms with Gasteiger partial charge in [-0.1, -0.05) is 42.5 Å². The Morgan fingerprint density at radius 1 is 1.04 bits per heavy atom. The van der Waals surface area contributed by atoms with Crippen LogP contribution in [0.4, 0.5) is 5.69 Å². The number of carbonyl (C=O) groups is 1. The van der Waals surface area contributed by atoms with Gasteiger partial charge in [0.1, 0.15) is 12.4 Å². The molecule has 0 radical (unpaired) electrons. The standard InChI is InChI=1S/C21H17Br2N3O2/c22-17-10-15(12-25-26-21(27)16-8-4-5-9-19(16)24)11-18(23)20(17)28-13-14-6-2-1-3-7-14/h1-12H,13,24H2,(H,26,27)/b25-12-. The molecular weight excluding hydrogens is 486 g/mol. The van der Waals surface area contributed by atoms with Gasteiger partial charge >= 0.3 is 0 Å². The van der Waals surface area contributed by atoms with Crippen molar-refractivity contribution in [1.82, 2.24) is 5.43 Å². The highest BCUT2D eigenvalue weighted by molar-refractivity contribution is 9.11. The highest BCUT2D eigenvalue weighted by Crippen LogP contribution is 2.35. The van der Waals surface area contributed by atoms with Crippen molar-refractivity contribution in [2.75, 3.05) is 5.73 Å². The number of nitrogens with zero attached hydrogens (tertiary/aromatic N) is 1. The Kier molecular flexibility index (Phi) is 6.84. The van der Waals surface area contributed by atoms with Gasteiger partial charge in [0.25, 0.3) is 5.91 Å². The quantitative estimate of drug-likeness (QED) is 0.278. The van der Waals surface area contributed by atoms with Gasteiger partial charge < -0.3 is 10.5 Å². The Morgan fingerprint density at radius 2 is 1.68 bits per heavy atom. The van der Waals surface area contributed by atoms with Crippen LogP contribution in [0.25, 0.3) is 0 Å². The molecule has 0 fully saturated rings. The van der Waals surface area contributed by atoms with Gasteiger partial charge in [-0.05, 0) is 67.3 Å². The van der Waals surface area contributed by atoms with E-state index < -0.39 is 0 Å². The summed E-state index contributed by atoms with van der Waals surface area (Å²) in [5, 5.41) is 4.00. The lowest BCUT2D eigenvalue weighted by Crippen LogP contribution is -2.19. The molecule has 5 nitrogen and oxygen atoms in total. The molecule has 3 rings (SSSR count). The monoisotopic (exact) mass is 501 g/mol. The molecular formula is C21H17Br2N3O2. The first kappa shape index (κ1) is 20.1. The zero-order chi connectivity index (χ0) is 19.9. The minimum atomic E-state index is -0.365. The van der Waals surface area contributed by atoms with Crippen LogP contribution < -0.4 is 15.9 Å². The second kappa shape index (κ2) is 9.52. The van der Waals surface area contributed by atoms with Crippen LogP contribution in [0.15, 0.2) is 80.8 Å². The fraction of sp³-hybridized carbons (Fsp3) is 0.0476. The molecule has 0 heterocycles. The van der Waals surface area contributed by atoms with Crippen LogP contribution in [-0.4, -0.2) is 12.1 Å². The lowest BCUT2D eigenvalue weighted by molar-refractivity contribution is 0.0956. The van der Waals surface area contributed by atoms with Gasteiger partial charge in [0, 0.05) is 5.69 Å². The summed E-state index contributed by atoms with van der Waals surface area (Å²) in [7, 11) is 0. The van der Waals surface area contributed by atoms with Crippen molar-refractivity contribution in [3.05, 3.63) is 92.4 Å². The number of hydrazone groups is 1. The number of amides is 1. The van der Waals surface area contributed by atoms with Crippen LogP contribution in [0.1, 0.15) is 21.5 Å². The molecule has 0 spiro atoms. The lowest BCUT2D eigenvalue weighted by Gasteiger charge is -2.11. The molecule has 0 aliphatic carbocycles. The Balaban J connectivity index is 1.66. The molecule has 0 aliphatic heterocycles. The summed E-state index contributed by atoms with van der Waals surface area (Å²) >= 11 is 7.04. The first-order valence-electron chi connectivity index (χ1n) is 8.38. The van der Waals surface area contributed by atoms with E-state index in [0.717, 1.165) is 20.1 Å². The number of hydrogen-bond donors (Lipinski definition) is 2. The fourth-order valence-corrected chi connectivity index (χ4v) is 3.90. The number of anilines is 1. The van der Waals surface area contributed by atoms with Crippen LogP contribution in [0.3, 0.4) is 0 Å². The van der Waals surface area contributed by atoms with Crippen molar-refractivity contribution in [3.8, 4) is 5.75 Å². The second-order valence-corrected chi connectivity index (χ2v) is 7.58. The third kappa shape index (κ3) is 5.21. The number of ether oxygens (including phenoxy) is 1. The Hall–Kier alpha value is -2.64. The van der Waals surface area contributed by atoms with Crippen LogP contribution in [-0.2, 0) is 6.61 Å². The summed E-state index contributed by atoms with van der Waals surface area (Å²) in [5.74, 6) is 0.331. The fourth-order valence-electron chi connectivity index (χ4n) is 2.45. The van der Waals surface area contributed by atoms with E-state index in [-0.39, 0.29) is 5.91 Å². The van der Waals surface area contributed by atoms with E-state index >= 15 is 0 Å². The largest absolute Gasteiger partial charge is 0.487 e. The Bertz CT molecular complexity index is 985. The molecule has 0 bridgehead atoms. The summed E-state index contributed by atoms with van der Waals surface area (Å²) in [6.07, 6.45) is 1.55. The van der Waals surface area contributed by atoms with Crippen molar-refractivity contribution in [1.29, 1.82) is 0 Å². The van der Waals surface area contributed by atoms with Crippen molar-refractivity contribution < 1.29 is 9.53 Å². The molecule has 0 saturated carbocycles. The number of benzene rings is 3. The molecule has 142 valence electrons. The van der Waals surface area contributed by atoms with Gasteiger partial charge in [-0.2, -0.15) is 5.10 Å². The van der Waals surface area contributed by atoms with Crippen molar-refractivity contribution in [3.63, 3.8) is 0 Å². The summed E-state index contributed by atoms with van der Waals surface area (Å²) < 4.78 is 7.45. The SMILES string of the molecule is Nc1ccccc1C(=O)N/N=C\c1cc(Br)c(OCc2ccccc2)c(Br)c1. The normalized spacial score (nSPS) is 10.8. The van der Waals surface area contributed by atoms with E-state index in [9.17, 15) is 4.79 Å². The average molecular weight is 503 g/mol. The topological polar surface area (TPSA) is 76.7 Å². The molecule has 0 aliphatic rings. The third-order valence-corrected chi connectivity index (χ3v) is 5.01. The van der Waals surface area contributed by atoms with E-state index in [2.05, 4.69) is 42.4 Å². The van der Waals surface area contributed by atoms with E-state index in [1.807, 2.05) is 42.5 Å². The van der Waals surface area contributed by atoms with Crippen molar-refractivity contribution in [2.45, 2.75) is 6.61 Å². The molecule has 3 N–H and O–H groups in total. The Labute approximate surface area is 179 Å². The van der Waals surface area contributed by atoms with Crippen LogP contribution in [0, 0.1) is 0 Å². The summed E-state index contributed by atoms with van der Waals surface area (Å²) in [6.45, 7) is 0.458. The first-order valence-corrected chi connectivity index (χ1v) is 9.97. The summed E-state index contributed by atoms with van der Waals surface area (Å²) in [5.41, 5.74) is 10.9. The molecule has 0 aromatic heterocycles. The molecule has 0 saturated heterocycles. The highest BCUT2D eigenvalue weighted by atomic mass is 79.9. The highest BCUT2D eigenvalue weighted by Gasteiger charge is 2.10. The predicted molar refractivity (Wildman–Crippen MR) is 119 cm³/mol. The number of nitrogens with one attached hydrogen (secondary N) is 1. The average Bonchev–Trinajstić information content (AvgIpc) is 2.68. The van der Waals surface area contributed by atoms with E-state index in [0.29, 0.717) is 23.6 Å². The predicted octanol–water partition coefficient (Wildman–Crippen LogP) is 5.14. The molecule has 3 aromatic carbocycles. The van der Waals surface area contributed by atoms with Gasteiger partial charge in [-0.3, -0.25) is 4.79 Å². The number of rotatable bonds is 6. The van der Waals surface area contributed by atoms with Gasteiger partial charge in [-0.25, -0.2) is 5.43 Å². The number of hydrogen-bond acceptors (Lipinski definition) is 4. The molecule has 28 heavy (non-hydrogen) atoms. The van der Waals surface area contributed by atoms with Crippen LogP contribution >= 0.6 is 31.9 Å². The number of nitrogens with two attached hydrogens (primary N) is 1. The maximum absolute atomic E-state index is 12.1. The van der Waals surface area contributed by atoms with E-state index in [4.69, 9.17) is 10.5 Å². The number of halogens is 2. The molecule has 7 heteroatoms. The maximum Gasteiger partial charge on any atom is 0.273 e. The molecule has 0 atom stereocenters. The first-order chi connectivity index (χ1) is 13.5. The maximum atomic E-state index is 12.1. The zero-order valence-electron chi connectivity index (χ0n) is 14.7. The third-order valence-electron chi connectivity index (χ3n) is 3.83. The second-order valence-electron chi connectivity index (χ2n) is 5.87. The summed E-state index contributed by atoms with van der Waals surface area (Å²) in [4.78, 5) is 12.1. The minimum Gasteiger partial charge on any atom is -0.487 e. The molecule has 3 aromatic rings. The Morgan fingerprint density at radius 3 is 2.36 bits per heavy atom. The smallest absolute Gasteiger partial charge is 0.273 e. The van der Waals surface area contributed by atoms with Gasteiger partial charge in [0.15, 0.2) is 0 Å². The van der Waals surface area contributed by atoms with Gasteiger partial charge in [0.2, 0.25) is 0 Å². The minimum absolute atomic E-state index is 0.365. The number of carbonyl (C=O) groups excluding carboxylic acids is 1.